The summed E-state index contributed by atoms with van der Waals surface area (Å²) in [5.41, 5.74) is 1.20. The first-order chi connectivity index (χ1) is 15.7. The molecular weight excluding hydrogens is 414 g/mol. The average molecular weight is 447 g/mol. The van der Waals surface area contributed by atoms with E-state index in [2.05, 4.69) is 96.8 Å². The number of hydrogen-bond donors (Lipinski definition) is 0. The third kappa shape index (κ3) is 6.02. The van der Waals surface area contributed by atoms with Gasteiger partial charge in [0, 0.05) is 5.92 Å². The second-order valence-electron chi connectivity index (χ2n) is 8.42. The summed E-state index contributed by atoms with van der Waals surface area (Å²) in [6.45, 7) is 4.99. The third-order valence-corrected chi connectivity index (χ3v) is 8.17. The van der Waals surface area contributed by atoms with Gasteiger partial charge in [0.05, 0.1) is 24.0 Å². The van der Waals surface area contributed by atoms with E-state index in [9.17, 15) is 4.79 Å². The van der Waals surface area contributed by atoms with Crippen molar-refractivity contribution in [3.05, 3.63) is 90.5 Å². The topological polar surface area (TPSA) is 29.5 Å². The lowest BCUT2D eigenvalue weighted by Gasteiger charge is -2.25. The smallest absolute Gasteiger partial charge is 0.320 e. The summed E-state index contributed by atoms with van der Waals surface area (Å²) >= 11 is 0. The van der Waals surface area contributed by atoms with Gasteiger partial charge in [-0.2, -0.15) is 0 Å². The third-order valence-electron chi connectivity index (χ3n) is 5.94. The van der Waals surface area contributed by atoms with Crippen LogP contribution in [0.1, 0.15) is 37.7 Å². The summed E-state index contributed by atoms with van der Waals surface area (Å²) in [4.78, 5) is 18.4. The summed E-state index contributed by atoms with van der Waals surface area (Å²) in [5.74, 6) is 0.0645. The van der Waals surface area contributed by atoms with Crippen LogP contribution in [0.5, 0.6) is 0 Å². The van der Waals surface area contributed by atoms with E-state index >= 15 is 0 Å². The summed E-state index contributed by atoms with van der Waals surface area (Å²) in [6, 6.07) is 30.2. The fourth-order valence-corrected chi connectivity index (χ4v) is 6.20. The Kier molecular flexibility index (Phi) is 8.02. The van der Waals surface area contributed by atoms with Crippen LogP contribution in [0.25, 0.3) is 0 Å². The number of carbonyl (C=O) groups excluding carboxylic acids is 1. The van der Waals surface area contributed by atoms with Crippen LogP contribution in [0.4, 0.5) is 0 Å². The molecule has 0 N–H and O–H groups in total. The predicted molar refractivity (Wildman–Crippen MR) is 131 cm³/mol. The van der Waals surface area contributed by atoms with Gasteiger partial charge >= 0.3 is 5.97 Å². The first-order valence-electron chi connectivity index (χ1n) is 11.5. The SMILES string of the molecule is CC(COC(=O)CN1CCCCC1)c1ccc([S+](c2ccccc2)c2ccccc2)cc1. The molecule has 0 amide bonds. The molecule has 1 saturated heterocycles. The number of rotatable bonds is 8. The number of benzene rings is 3. The van der Waals surface area contributed by atoms with Crippen LogP contribution in [-0.4, -0.2) is 37.1 Å². The van der Waals surface area contributed by atoms with Gasteiger partial charge in [-0.05, 0) is 67.9 Å². The molecule has 0 aliphatic carbocycles. The van der Waals surface area contributed by atoms with Gasteiger partial charge in [-0.25, -0.2) is 0 Å². The second kappa shape index (κ2) is 11.3. The molecule has 1 fully saturated rings. The van der Waals surface area contributed by atoms with Crippen molar-refractivity contribution in [3.63, 3.8) is 0 Å². The van der Waals surface area contributed by atoms with E-state index in [0.29, 0.717) is 13.2 Å². The van der Waals surface area contributed by atoms with Gasteiger partial charge in [0.1, 0.15) is 0 Å². The number of hydrogen-bond acceptors (Lipinski definition) is 3. The average Bonchev–Trinajstić information content (AvgIpc) is 2.85. The fraction of sp³-hybridized carbons (Fsp3) is 0.321. The van der Waals surface area contributed by atoms with E-state index in [1.165, 1.54) is 39.5 Å². The Morgan fingerprint density at radius 2 is 1.34 bits per heavy atom. The molecule has 3 nitrogen and oxygen atoms in total. The van der Waals surface area contributed by atoms with E-state index in [-0.39, 0.29) is 22.8 Å². The van der Waals surface area contributed by atoms with Crippen LogP contribution in [0.15, 0.2) is 99.6 Å². The molecule has 1 aliphatic rings. The minimum Gasteiger partial charge on any atom is -0.464 e. The molecule has 3 aromatic rings. The van der Waals surface area contributed by atoms with Gasteiger partial charge in [0.2, 0.25) is 0 Å². The van der Waals surface area contributed by atoms with Crippen molar-refractivity contribution in [1.82, 2.24) is 4.90 Å². The van der Waals surface area contributed by atoms with E-state index in [0.717, 1.165) is 13.1 Å². The zero-order valence-electron chi connectivity index (χ0n) is 18.8. The molecule has 32 heavy (non-hydrogen) atoms. The summed E-state index contributed by atoms with van der Waals surface area (Å²) < 4.78 is 5.60. The second-order valence-corrected chi connectivity index (χ2v) is 10.4. The van der Waals surface area contributed by atoms with Crippen molar-refractivity contribution in [2.24, 2.45) is 0 Å². The van der Waals surface area contributed by atoms with E-state index in [1.807, 2.05) is 0 Å². The van der Waals surface area contributed by atoms with Gasteiger partial charge in [-0.15, -0.1) is 0 Å². The summed E-state index contributed by atoms with van der Waals surface area (Å²) in [7, 11) is -0.143. The molecule has 4 heteroatoms. The van der Waals surface area contributed by atoms with Gasteiger partial charge in [0.15, 0.2) is 14.7 Å². The lowest BCUT2D eigenvalue weighted by atomic mass is 10.0. The number of carbonyl (C=O) groups is 1. The molecule has 0 aromatic heterocycles. The molecule has 1 heterocycles. The van der Waals surface area contributed by atoms with Crippen molar-refractivity contribution in [3.8, 4) is 0 Å². The monoisotopic (exact) mass is 446 g/mol. The van der Waals surface area contributed by atoms with Crippen molar-refractivity contribution in [2.75, 3.05) is 26.2 Å². The highest BCUT2D eigenvalue weighted by atomic mass is 32.2. The number of esters is 1. The molecule has 4 rings (SSSR count). The molecule has 166 valence electrons. The highest BCUT2D eigenvalue weighted by Crippen LogP contribution is 2.31. The Morgan fingerprint density at radius 3 is 1.91 bits per heavy atom. The minimum atomic E-state index is -0.143. The molecule has 1 aliphatic heterocycles. The first kappa shape index (κ1) is 22.6. The first-order valence-corrected chi connectivity index (χ1v) is 12.8. The minimum absolute atomic E-state index is 0.106. The molecule has 0 spiro atoms. The van der Waals surface area contributed by atoms with Gasteiger partial charge in [-0.1, -0.05) is 61.9 Å². The number of ether oxygens (including phenoxy) is 1. The van der Waals surface area contributed by atoms with Crippen molar-refractivity contribution in [2.45, 2.75) is 46.8 Å². The molecule has 0 radical (unpaired) electrons. The number of nitrogens with zero attached hydrogens (tertiary/aromatic N) is 1. The Morgan fingerprint density at radius 1 is 0.812 bits per heavy atom. The van der Waals surface area contributed by atoms with Crippen LogP contribution < -0.4 is 0 Å². The Labute approximate surface area is 194 Å². The highest BCUT2D eigenvalue weighted by Gasteiger charge is 2.28. The van der Waals surface area contributed by atoms with Crippen LogP contribution >= 0.6 is 0 Å². The van der Waals surface area contributed by atoms with Gasteiger partial charge in [0.25, 0.3) is 0 Å². The van der Waals surface area contributed by atoms with Crippen molar-refractivity contribution >= 4 is 16.9 Å². The summed E-state index contributed by atoms with van der Waals surface area (Å²) in [5, 5.41) is 0. The zero-order valence-corrected chi connectivity index (χ0v) is 19.6. The lowest BCUT2D eigenvalue weighted by molar-refractivity contribution is -0.145. The maximum absolute atomic E-state index is 12.2. The Hall–Kier alpha value is -2.56. The molecule has 0 bridgehead atoms. The number of likely N-dealkylation sites (tertiary alicyclic amines) is 1. The number of piperidine rings is 1. The molecule has 1 unspecified atom stereocenters. The molecule has 3 aromatic carbocycles. The normalized spacial score (nSPS) is 15.4. The lowest BCUT2D eigenvalue weighted by Crippen LogP contribution is -2.35. The highest BCUT2D eigenvalue weighted by molar-refractivity contribution is 7.97. The fourth-order valence-electron chi connectivity index (χ4n) is 4.11. The molecule has 1 atom stereocenters. The largest absolute Gasteiger partial charge is 0.464 e. The summed E-state index contributed by atoms with van der Waals surface area (Å²) in [6.07, 6.45) is 3.64. The van der Waals surface area contributed by atoms with E-state index in [1.54, 1.807) is 0 Å². The Bertz CT molecular complexity index is 930. The molecular formula is C28H32NO2S+. The van der Waals surface area contributed by atoms with Gasteiger partial charge in [-0.3, -0.25) is 9.69 Å². The molecule has 0 saturated carbocycles. The van der Waals surface area contributed by atoms with Gasteiger partial charge < -0.3 is 4.74 Å². The Balaban J connectivity index is 1.41. The quantitative estimate of drug-likeness (QED) is 0.318. The maximum atomic E-state index is 12.2. The van der Waals surface area contributed by atoms with Crippen LogP contribution in [-0.2, 0) is 20.4 Å². The van der Waals surface area contributed by atoms with Crippen LogP contribution in [0, 0.1) is 0 Å². The standard InChI is InChI=1S/C28H32NO2S/c1-23(22-31-28(30)21-29-19-9-4-10-20-29)24-15-17-27(18-16-24)32(25-11-5-2-6-12-25)26-13-7-3-8-14-26/h2-3,5-8,11-18,23H,4,9-10,19-22H2,1H3/q+1. The maximum Gasteiger partial charge on any atom is 0.320 e. The zero-order chi connectivity index (χ0) is 22.2. The predicted octanol–water partition coefficient (Wildman–Crippen LogP) is 5.91. The van der Waals surface area contributed by atoms with Crippen LogP contribution in [0.3, 0.4) is 0 Å². The van der Waals surface area contributed by atoms with Crippen molar-refractivity contribution in [1.29, 1.82) is 0 Å². The van der Waals surface area contributed by atoms with Crippen molar-refractivity contribution < 1.29 is 9.53 Å². The van der Waals surface area contributed by atoms with Crippen LogP contribution in [0.2, 0.25) is 0 Å². The van der Waals surface area contributed by atoms with E-state index in [4.69, 9.17) is 4.74 Å². The van der Waals surface area contributed by atoms with E-state index < -0.39 is 0 Å².